The quantitative estimate of drug-likeness (QED) is 0.874. The van der Waals surface area contributed by atoms with Crippen LogP contribution in [0.2, 0.25) is 0 Å². The molecule has 0 saturated carbocycles. The summed E-state index contributed by atoms with van der Waals surface area (Å²) in [7, 11) is 1.61. The van der Waals surface area contributed by atoms with E-state index in [-0.39, 0.29) is 6.03 Å². The molecule has 1 saturated heterocycles. The Morgan fingerprint density at radius 3 is 2.71 bits per heavy atom. The van der Waals surface area contributed by atoms with Crippen LogP contribution in [0.15, 0.2) is 24.3 Å². The maximum Gasteiger partial charge on any atom is 0.321 e. The number of amides is 2. The van der Waals surface area contributed by atoms with Gasteiger partial charge in [-0.05, 0) is 19.1 Å². The van der Waals surface area contributed by atoms with Gasteiger partial charge in [0.25, 0.3) is 0 Å². The zero-order chi connectivity index (χ0) is 15.2. The molecule has 0 spiro atoms. The summed E-state index contributed by atoms with van der Waals surface area (Å²) in [6.07, 6.45) is 0. The van der Waals surface area contributed by atoms with E-state index < -0.39 is 0 Å². The van der Waals surface area contributed by atoms with E-state index in [4.69, 9.17) is 10.5 Å². The highest BCUT2D eigenvalue weighted by molar-refractivity contribution is 5.89. The molecule has 1 aromatic rings. The number of anilines is 1. The number of piperazine rings is 1. The second kappa shape index (κ2) is 7.28. The average Bonchev–Trinajstić information content (AvgIpc) is 2.54. The second-order valence-electron chi connectivity index (χ2n) is 5.27. The van der Waals surface area contributed by atoms with Crippen LogP contribution in [0.1, 0.15) is 6.92 Å². The van der Waals surface area contributed by atoms with Crippen molar-refractivity contribution in [1.82, 2.24) is 9.80 Å². The first-order chi connectivity index (χ1) is 10.1. The molecule has 2 rings (SSSR count). The molecule has 0 aromatic heterocycles. The summed E-state index contributed by atoms with van der Waals surface area (Å²) in [5.41, 5.74) is 6.43. The topological polar surface area (TPSA) is 70.8 Å². The largest absolute Gasteiger partial charge is 0.497 e. The van der Waals surface area contributed by atoms with Gasteiger partial charge < -0.3 is 20.7 Å². The number of hydrogen-bond donors (Lipinski definition) is 2. The molecule has 2 amide bonds. The van der Waals surface area contributed by atoms with E-state index in [0.29, 0.717) is 12.6 Å². The molecule has 1 unspecified atom stereocenters. The van der Waals surface area contributed by atoms with Gasteiger partial charge in [0.15, 0.2) is 0 Å². The van der Waals surface area contributed by atoms with Crippen molar-refractivity contribution >= 4 is 11.7 Å². The number of carbonyl (C=O) groups is 1. The van der Waals surface area contributed by atoms with E-state index in [1.807, 2.05) is 29.2 Å². The number of nitrogens with two attached hydrogens (primary N) is 1. The highest BCUT2D eigenvalue weighted by atomic mass is 16.5. The molecule has 116 valence electrons. The molecule has 1 aliphatic heterocycles. The lowest BCUT2D eigenvalue weighted by atomic mass is 10.2. The summed E-state index contributed by atoms with van der Waals surface area (Å²) in [6, 6.07) is 7.67. The Morgan fingerprint density at radius 1 is 1.38 bits per heavy atom. The Hall–Kier alpha value is -1.79. The molecule has 6 heteroatoms. The minimum absolute atomic E-state index is 0.0664. The summed E-state index contributed by atoms with van der Waals surface area (Å²) in [6.45, 7) is 5.94. The van der Waals surface area contributed by atoms with E-state index in [9.17, 15) is 4.79 Å². The average molecular weight is 292 g/mol. The molecule has 6 nitrogen and oxygen atoms in total. The van der Waals surface area contributed by atoms with Crippen molar-refractivity contribution in [3.63, 3.8) is 0 Å². The minimum Gasteiger partial charge on any atom is -0.497 e. The summed E-state index contributed by atoms with van der Waals surface area (Å²) in [5, 5.41) is 2.91. The first kappa shape index (κ1) is 15.6. The fourth-order valence-electron chi connectivity index (χ4n) is 2.42. The Balaban J connectivity index is 1.87. The summed E-state index contributed by atoms with van der Waals surface area (Å²) >= 11 is 0. The zero-order valence-electron chi connectivity index (χ0n) is 12.7. The van der Waals surface area contributed by atoms with Crippen LogP contribution in [-0.2, 0) is 0 Å². The fourth-order valence-corrected chi connectivity index (χ4v) is 2.42. The molecule has 1 atom stereocenters. The molecule has 0 radical (unpaired) electrons. The second-order valence-corrected chi connectivity index (χ2v) is 5.27. The number of carbonyl (C=O) groups excluding carboxylic acids is 1. The van der Waals surface area contributed by atoms with Crippen LogP contribution in [0, 0.1) is 0 Å². The van der Waals surface area contributed by atoms with Crippen molar-refractivity contribution in [3.05, 3.63) is 24.3 Å². The number of methoxy groups -OCH3 is 1. The lowest BCUT2D eigenvalue weighted by Gasteiger charge is -2.37. The summed E-state index contributed by atoms with van der Waals surface area (Å²) < 4.78 is 5.15. The number of benzene rings is 1. The Morgan fingerprint density at radius 2 is 2.10 bits per heavy atom. The van der Waals surface area contributed by atoms with Gasteiger partial charge in [0.2, 0.25) is 0 Å². The van der Waals surface area contributed by atoms with Crippen LogP contribution >= 0.6 is 0 Å². The molecule has 3 N–H and O–H groups in total. The first-order valence-corrected chi connectivity index (χ1v) is 7.28. The van der Waals surface area contributed by atoms with Crippen molar-refractivity contribution in [2.75, 3.05) is 45.2 Å². The zero-order valence-corrected chi connectivity index (χ0v) is 12.7. The predicted molar refractivity (Wildman–Crippen MR) is 83.7 cm³/mol. The van der Waals surface area contributed by atoms with Gasteiger partial charge in [0.1, 0.15) is 5.75 Å². The van der Waals surface area contributed by atoms with Gasteiger partial charge in [-0.3, -0.25) is 4.90 Å². The van der Waals surface area contributed by atoms with Crippen LogP contribution in [0.25, 0.3) is 0 Å². The third-order valence-electron chi connectivity index (χ3n) is 3.89. The van der Waals surface area contributed by atoms with Gasteiger partial charge >= 0.3 is 6.03 Å². The fraction of sp³-hybridized carbons (Fsp3) is 0.533. The molecule has 1 aromatic carbocycles. The molecule has 21 heavy (non-hydrogen) atoms. The van der Waals surface area contributed by atoms with E-state index in [1.165, 1.54) is 0 Å². The molecular weight excluding hydrogens is 268 g/mol. The van der Waals surface area contributed by atoms with Gasteiger partial charge in [0.05, 0.1) is 7.11 Å². The lowest BCUT2D eigenvalue weighted by molar-refractivity contribution is 0.122. The number of urea groups is 1. The Labute approximate surface area is 125 Å². The molecule has 1 heterocycles. The number of nitrogens with zero attached hydrogens (tertiary/aromatic N) is 2. The van der Waals surface area contributed by atoms with Gasteiger partial charge in [-0.15, -0.1) is 0 Å². The van der Waals surface area contributed by atoms with Crippen molar-refractivity contribution in [2.45, 2.75) is 13.0 Å². The van der Waals surface area contributed by atoms with Gasteiger partial charge in [-0.1, -0.05) is 6.07 Å². The number of rotatable bonds is 4. The van der Waals surface area contributed by atoms with E-state index in [1.54, 1.807) is 7.11 Å². The van der Waals surface area contributed by atoms with Gasteiger partial charge in [-0.2, -0.15) is 0 Å². The highest BCUT2D eigenvalue weighted by Gasteiger charge is 2.23. The van der Waals surface area contributed by atoms with Crippen LogP contribution < -0.4 is 15.8 Å². The van der Waals surface area contributed by atoms with E-state index in [2.05, 4.69) is 17.1 Å². The predicted octanol–water partition coefficient (Wildman–Crippen LogP) is 1.19. The number of ether oxygens (including phenoxy) is 1. The molecular formula is C15H24N4O2. The molecule has 1 fully saturated rings. The standard InChI is InChI=1S/C15H24N4O2/c1-12(11-16)18-6-8-19(9-7-18)15(20)17-13-4-3-5-14(10-13)21-2/h3-5,10,12H,6-9,11,16H2,1-2H3,(H,17,20). The summed E-state index contributed by atoms with van der Waals surface area (Å²) in [5.74, 6) is 0.731. The highest BCUT2D eigenvalue weighted by Crippen LogP contribution is 2.17. The van der Waals surface area contributed by atoms with E-state index >= 15 is 0 Å². The lowest BCUT2D eigenvalue weighted by Crippen LogP contribution is -2.53. The molecule has 1 aliphatic rings. The smallest absolute Gasteiger partial charge is 0.321 e. The normalized spacial score (nSPS) is 17.4. The monoisotopic (exact) mass is 292 g/mol. The number of hydrogen-bond acceptors (Lipinski definition) is 4. The minimum atomic E-state index is -0.0664. The molecule has 0 aliphatic carbocycles. The Kier molecular flexibility index (Phi) is 5.41. The van der Waals surface area contributed by atoms with Crippen molar-refractivity contribution in [2.24, 2.45) is 5.73 Å². The SMILES string of the molecule is COc1cccc(NC(=O)N2CCN(C(C)CN)CC2)c1. The summed E-state index contributed by atoms with van der Waals surface area (Å²) in [4.78, 5) is 16.4. The number of nitrogens with one attached hydrogen (secondary N) is 1. The maximum absolute atomic E-state index is 12.2. The first-order valence-electron chi connectivity index (χ1n) is 7.28. The van der Waals surface area contributed by atoms with E-state index in [0.717, 1.165) is 37.6 Å². The van der Waals surface area contributed by atoms with Crippen molar-refractivity contribution < 1.29 is 9.53 Å². The van der Waals surface area contributed by atoms with Gasteiger partial charge in [0, 0.05) is 50.5 Å². The third kappa shape index (κ3) is 4.09. The maximum atomic E-state index is 12.2. The van der Waals surface area contributed by atoms with Crippen LogP contribution in [0.3, 0.4) is 0 Å². The van der Waals surface area contributed by atoms with Crippen LogP contribution in [0.4, 0.5) is 10.5 Å². The molecule has 0 bridgehead atoms. The van der Waals surface area contributed by atoms with Crippen molar-refractivity contribution in [3.8, 4) is 5.75 Å². The van der Waals surface area contributed by atoms with Crippen molar-refractivity contribution in [1.29, 1.82) is 0 Å². The third-order valence-corrected chi connectivity index (χ3v) is 3.89. The Bertz CT molecular complexity index is 472. The van der Waals surface area contributed by atoms with Gasteiger partial charge in [-0.25, -0.2) is 4.79 Å². The van der Waals surface area contributed by atoms with Crippen LogP contribution in [0.5, 0.6) is 5.75 Å². The van der Waals surface area contributed by atoms with Crippen LogP contribution in [-0.4, -0.2) is 61.7 Å².